The number of hydrogen-bond donors (Lipinski definition) is 0. The summed E-state index contributed by atoms with van der Waals surface area (Å²) in [6.45, 7) is 18.7. The van der Waals surface area contributed by atoms with Crippen molar-refractivity contribution < 1.29 is 38.1 Å². The van der Waals surface area contributed by atoms with Gasteiger partial charge in [0.2, 0.25) is 0 Å². The van der Waals surface area contributed by atoms with Gasteiger partial charge in [0.05, 0.1) is 5.92 Å². The minimum atomic E-state index is -0.677. The fourth-order valence-corrected chi connectivity index (χ4v) is 3.37. The van der Waals surface area contributed by atoms with E-state index in [0.29, 0.717) is 11.1 Å². The predicted octanol–water partition coefficient (Wildman–Crippen LogP) is 7.03. The quantitative estimate of drug-likeness (QED) is 0.146. The third-order valence-corrected chi connectivity index (χ3v) is 5.75. The minimum Gasteiger partial charge on any atom is -0.422 e. The van der Waals surface area contributed by atoms with Crippen LogP contribution in [-0.2, 0) is 19.2 Å². The second-order valence-corrected chi connectivity index (χ2v) is 9.99. The maximum Gasteiger partial charge on any atom is 0.338 e. The molecule has 0 heterocycles. The van der Waals surface area contributed by atoms with Gasteiger partial charge in [-0.25, -0.2) is 14.4 Å². The molecule has 0 saturated heterocycles. The van der Waals surface area contributed by atoms with Crippen molar-refractivity contribution in [3.8, 4) is 45.3 Å². The van der Waals surface area contributed by atoms with Crippen molar-refractivity contribution in [2.24, 2.45) is 5.92 Å². The van der Waals surface area contributed by atoms with E-state index in [4.69, 9.17) is 18.9 Å². The van der Waals surface area contributed by atoms with Crippen LogP contribution in [0.2, 0.25) is 0 Å². The Labute approximate surface area is 244 Å². The summed E-state index contributed by atoms with van der Waals surface area (Å²) < 4.78 is 21.7. The van der Waals surface area contributed by atoms with E-state index in [1.807, 2.05) is 24.3 Å². The van der Waals surface area contributed by atoms with Gasteiger partial charge in [0.25, 0.3) is 0 Å². The maximum atomic E-state index is 12.3. The summed E-state index contributed by atoms with van der Waals surface area (Å²) in [6.07, 6.45) is 0. The molecule has 3 aromatic carbocycles. The summed E-state index contributed by atoms with van der Waals surface area (Å²) in [5.74, 6) is -2.61. The Morgan fingerprint density at radius 2 is 0.881 bits per heavy atom. The molecule has 0 aliphatic rings. The van der Waals surface area contributed by atoms with E-state index < -0.39 is 23.9 Å². The molecular formula is C34H32O8. The zero-order chi connectivity index (χ0) is 31.1. The SMILES string of the molecule is C=C(C)C(=O)Oc1ccc(-c2cccc(-c3ccc(OC(=O)C(C)C)c(OC(=O)C(=C)C)c3)c2)cc1OC(=O)C(=C)C. The molecule has 0 unspecified atom stereocenters. The summed E-state index contributed by atoms with van der Waals surface area (Å²) in [4.78, 5) is 49.0. The van der Waals surface area contributed by atoms with Gasteiger partial charge in [0.15, 0.2) is 23.0 Å². The smallest absolute Gasteiger partial charge is 0.338 e. The highest BCUT2D eigenvalue weighted by Gasteiger charge is 2.19. The first-order valence-corrected chi connectivity index (χ1v) is 13.0. The first-order valence-electron chi connectivity index (χ1n) is 13.0. The van der Waals surface area contributed by atoms with Gasteiger partial charge in [0, 0.05) is 16.7 Å². The van der Waals surface area contributed by atoms with Gasteiger partial charge in [-0.1, -0.05) is 63.9 Å². The highest BCUT2D eigenvalue weighted by atomic mass is 16.6. The fourth-order valence-electron chi connectivity index (χ4n) is 3.37. The molecule has 0 atom stereocenters. The maximum absolute atomic E-state index is 12.3. The van der Waals surface area contributed by atoms with Gasteiger partial charge in [-0.05, 0) is 73.4 Å². The lowest BCUT2D eigenvalue weighted by molar-refractivity contribution is -0.138. The molecule has 3 rings (SSSR count). The monoisotopic (exact) mass is 568 g/mol. The van der Waals surface area contributed by atoms with E-state index in [1.165, 1.54) is 26.8 Å². The molecule has 0 fully saturated rings. The topological polar surface area (TPSA) is 105 Å². The number of carbonyl (C=O) groups is 4. The molecule has 0 amide bonds. The van der Waals surface area contributed by atoms with Crippen LogP contribution in [0.3, 0.4) is 0 Å². The number of ether oxygens (including phenoxy) is 4. The lowest BCUT2D eigenvalue weighted by atomic mass is 9.98. The number of carbonyl (C=O) groups excluding carboxylic acids is 4. The summed E-state index contributed by atoms with van der Waals surface area (Å²) in [7, 11) is 0. The van der Waals surface area contributed by atoms with Gasteiger partial charge in [0.1, 0.15) is 0 Å². The van der Waals surface area contributed by atoms with Crippen LogP contribution >= 0.6 is 0 Å². The highest BCUT2D eigenvalue weighted by Crippen LogP contribution is 2.37. The summed E-state index contributed by atoms with van der Waals surface area (Å²) in [5.41, 5.74) is 3.37. The summed E-state index contributed by atoms with van der Waals surface area (Å²) in [6, 6.07) is 17.1. The van der Waals surface area contributed by atoms with Crippen molar-refractivity contribution in [3.05, 3.63) is 97.1 Å². The number of benzene rings is 3. The lowest BCUT2D eigenvalue weighted by Gasteiger charge is -2.15. The van der Waals surface area contributed by atoms with Crippen LogP contribution in [0.1, 0.15) is 34.6 Å². The molecule has 8 heteroatoms. The zero-order valence-electron chi connectivity index (χ0n) is 24.2. The lowest BCUT2D eigenvalue weighted by Crippen LogP contribution is -2.16. The predicted molar refractivity (Wildman–Crippen MR) is 159 cm³/mol. The molecule has 42 heavy (non-hydrogen) atoms. The Bertz CT molecular complexity index is 1610. The van der Waals surface area contributed by atoms with E-state index in [0.717, 1.165) is 11.1 Å². The molecule has 0 saturated carbocycles. The molecule has 0 aromatic heterocycles. The molecule has 0 radical (unpaired) electrons. The van der Waals surface area contributed by atoms with Crippen LogP contribution in [-0.4, -0.2) is 23.9 Å². The Kier molecular flexibility index (Phi) is 9.99. The van der Waals surface area contributed by atoms with E-state index in [9.17, 15) is 19.2 Å². The van der Waals surface area contributed by atoms with Crippen molar-refractivity contribution in [2.75, 3.05) is 0 Å². The first kappa shape index (κ1) is 31.3. The highest BCUT2D eigenvalue weighted by molar-refractivity contribution is 5.92. The van der Waals surface area contributed by atoms with Crippen LogP contribution in [0.15, 0.2) is 97.1 Å². The van der Waals surface area contributed by atoms with E-state index in [2.05, 4.69) is 19.7 Å². The fraction of sp³-hybridized carbons (Fsp3) is 0.176. The van der Waals surface area contributed by atoms with E-state index >= 15 is 0 Å². The van der Waals surface area contributed by atoms with Crippen LogP contribution in [0, 0.1) is 5.92 Å². The molecule has 3 aromatic rings. The number of esters is 4. The third-order valence-electron chi connectivity index (χ3n) is 5.75. The normalized spacial score (nSPS) is 10.4. The van der Waals surface area contributed by atoms with Gasteiger partial charge < -0.3 is 18.9 Å². The van der Waals surface area contributed by atoms with Crippen LogP contribution in [0.25, 0.3) is 22.3 Å². The molecule has 0 bridgehead atoms. The van der Waals surface area contributed by atoms with Crippen LogP contribution < -0.4 is 18.9 Å². The molecule has 0 aliphatic heterocycles. The van der Waals surface area contributed by atoms with Gasteiger partial charge in [-0.2, -0.15) is 0 Å². The Morgan fingerprint density at radius 1 is 0.524 bits per heavy atom. The largest absolute Gasteiger partial charge is 0.422 e. The first-order chi connectivity index (χ1) is 19.8. The van der Waals surface area contributed by atoms with Gasteiger partial charge in [-0.3, -0.25) is 4.79 Å². The average Bonchev–Trinajstić information content (AvgIpc) is 2.94. The minimum absolute atomic E-state index is 0.0332. The molecule has 0 aliphatic carbocycles. The third kappa shape index (κ3) is 7.91. The number of hydrogen-bond acceptors (Lipinski definition) is 8. The second-order valence-electron chi connectivity index (χ2n) is 9.99. The zero-order valence-corrected chi connectivity index (χ0v) is 24.2. The van der Waals surface area contributed by atoms with Gasteiger partial charge >= 0.3 is 23.9 Å². The standard InChI is InChI=1S/C34H32O8/c1-19(2)31(35)39-27-14-12-25(17-29(27)41-33(37)21(5)6)23-10-9-11-24(16-23)26-13-15-28(40-32(36)20(3)4)30(18-26)42-34(38)22(7)8/h9-18,20H,1,5,7H2,2-4,6,8H3. The second kappa shape index (κ2) is 13.4. The molecule has 8 nitrogen and oxygen atoms in total. The van der Waals surface area contributed by atoms with Gasteiger partial charge in [-0.15, -0.1) is 0 Å². The summed E-state index contributed by atoms with van der Waals surface area (Å²) in [5, 5.41) is 0. The van der Waals surface area contributed by atoms with Crippen molar-refractivity contribution in [2.45, 2.75) is 34.6 Å². The van der Waals surface area contributed by atoms with Crippen molar-refractivity contribution in [1.82, 2.24) is 0 Å². The average molecular weight is 569 g/mol. The van der Waals surface area contributed by atoms with E-state index in [1.54, 1.807) is 44.2 Å². The van der Waals surface area contributed by atoms with E-state index in [-0.39, 0.29) is 45.6 Å². The molecule has 0 spiro atoms. The van der Waals surface area contributed by atoms with Crippen LogP contribution in [0.4, 0.5) is 0 Å². The Balaban J connectivity index is 2.05. The molecule has 216 valence electrons. The summed E-state index contributed by atoms with van der Waals surface area (Å²) >= 11 is 0. The van der Waals surface area contributed by atoms with Crippen molar-refractivity contribution >= 4 is 23.9 Å². The van der Waals surface area contributed by atoms with Crippen LogP contribution in [0.5, 0.6) is 23.0 Å². The van der Waals surface area contributed by atoms with Crippen molar-refractivity contribution in [1.29, 1.82) is 0 Å². The number of rotatable bonds is 10. The molecule has 0 N–H and O–H groups in total. The molecular weight excluding hydrogens is 536 g/mol. The Morgan fingerprint density at radius 3 is 1.26 bits per heavy atom. The Hall–Kier alpha value is -5.24. The van der Waals surface area contributed by atoms with Crippen molar-refractivity contribution in [3.63, 3.8) is 0 Å².